The van der Waals surface area contributed by atoms with E-state index in [9.17, 15) is 10.1 Å². The maximum atomic E-state index is 12.5. The third-order valence-electron chi connectivity index (χ3n) is 4.93. The fourth-order valence-electron chi connectivity index (χ4n) is 3.78. The van der Waals surface area contributed by atoms with Gasteiger partial charge in [-0.3, -0.25) is 4.79 Å². The standard InChI is InChI=1S/C18H20N4O2/c1-12-14-9-13(11-19)10-15(21-5-7-24-8-6-21)17(14)22-4-2-3-20-18(23)16(12)22/h9-10H,2-8H2,1H3,(H,20,23). The molecule has 3 heterocycles. The van der Waals surface area contributed by atoms with Crippen molar-refractivity contribution in [2.45, 2.75) is 19.9 Å². The quantitative estimate of drug-likeness (QED) is 0.868. The molecule has 0 aliphatic carbocycles. The molecule has 0 bridgehead atoms. The number of aryl methyl sites for hydroxylation is 2. The lowest BCUT2D eigenvalue weighted by Crippen LogP contribution is -2.36. The average Bonchev–Trinajstić information content (AvgIpc) is 2.77. The summed E-state index contributed by atoms with van der Waals surface area (Å²) in [4.78, 5) is 14.8. The predicted molar refractivity (Wildman–Crippen MR) is 91.4 cm³/mol. The van der Waals surface area contributed by atoms with E-state index in [4.69, 9.17) is 4.74 Å². The van der Waals surface area contributed by atoms with Gasteiger partial charge >= 0.3 is 0 Å². The van der Waals surface area contributed by atoms with Crippen LogP contribution in [0.4, 0.5) is 5.69 Å². The Balaban J connectivity index is 2.02. The van der Waals surface area contributed by atoms with Crippen LogP contribution < -0.4 is 10.2 Å². The van der Waals surface area contributed by atoms with E-state index in [0.29, 0.717) is 25.3 Å². The van der Waals surface area contributed by atoms with Gasteiger partial charge in [0.25, 0.3) is 5.91 Å². The van der Waals surface area contributed by atoms with Crippen LogP contribution in [0.1, 0.15) is 28.0 Å². The van der Waals surface area contributed by atoms with E-state index in [0.717, 1.165) is 53.9 Å². The number of morpholine rings is 1. The van der Waals surface area contributed by atoms with Crippen molar-refractivity contribution in [2.75, 3.05) is 37.7 Å². The fraction of sp³-hybridized carbons (Fsp3) is 0.444. The van der Waals surface area contributed by atoms with Crippen LogP contribution in [0.5, 0.6) is 0 Å². The molecule has 0 saturated carbocycles. The first-order valence-corrected chi connectivity index (χ1v) is 8.38. The molecule has 0 atom stereocenters. The summed E-state index contributed by atoms with van der Waals surface area (Å²) in [5.74, 6) is -0.0207. The second-order valence-corrected chi connectivity index (χ2v) is 6.34. The van der Waals surface area contributed by atoms with Gasteiger partial charge in [-0.2, -0.15) is 5.26 Å². The van der Waals surface area contributed by atoms with Crippen molar-refractivity contribution in [3.8, 4) is 6.07 Å². The van der Waals surface area contributed by atoms with Gasteiger partial charge in [0.05, 0.1) is 36.1 Å². The molecule has 4 rings (SSSR count). The van der Waals surface area contributed by atoms with Gasteiger partial charge in [0.1, 0.15) is 5.69 Å². The normalized spacial score (nSPS) is 18.0. The van der Waals surface area contributed by atoms with E-state index in [1.54, 1.807) is 0 Å². The second kappa shape index (κ2) is 5.84. The summed E-state index contributed by atoms with van der Waals surface area (Å²) in [5.41, 5.74) is 4.42. The number of carbonyl (C=O) groups excluding carboxylic acids is 1. The van der Waals surface area contributed by atoms with Crippen molar-refractivity contribution in [3.05, 3.63) is 29.0 Å². The molecule has 0 spiro atoms. The smallest absolute Gasteiger partial charge is 0.268 e. The number of nitrogens with zero attached hydrogens (tertiary/aromatic N) is 3. The van der Waals surface area contributed by atoms with Crippen molar-refractivity contribution in [1.29, 1.82) is 5.26 Å². The van der Waals surface area contributed by atoms with E-state index in [-0.39, 0.29) is 5.91 Å². The summed E-state index contributed by atoms with van der Waals surface area (Å²) in [6, 6.07) is 6.12. The van der Waals surface area contributed by atoms with Crippen LogP contribution in [0.2, 0.25) is 0 Å². The Kier molecular flexibility index (Phi) is 3.66. The Hall–Kier alpha value is -2.52. The first-order chi connectivity index (χ1) is 11.7. The van der Waals surface area contributed by atoms with E-state index in [2.05, 4.69) is 20.9 Å². The molecule has 1 amide bonds. The van der Waals surface area contributed by atoms with Crippen LogP contribution in [-0.2, 0) is 11.3 Å². The van der Waals surface area contributed by atoms with Crippen LogP contribution in [0.15, 0.2) is 12.1 Å². The highest BCUT2D eigenvalue weighted by atomic mass is 16.5. The molecule has 1 aromatic carbocycles. The predicted octanol–water partition coefficient (Wildman–Crippen LogP) is 1.79. The van der Waals surface area contributed by atoms with Gasteiger partial charge in [0, 0.05) is 31.6 Å². The average molecular weight is 324 g/mol. The van der Waals surface area contributed by atoms with Crippen LogP contribution >= 0.6 is 0 Å². The highest BCUT2D eigenvalue weighted by molar-refractivity contribution is 6.05. The van der Waals surface area contributed by atoms with Gasteiger partial charge in [-0.15, -0.1) is 0 Å². The van der Waals surface area contributed by atoms with Crippen molar-refractivity contribution in [2.24, 2.45) is 0 Å². The molecule has 124 valence electrons. The Morgan fingerprint density at radius 3 is 2.79 bits per heavy atom. The molecule has 0 unspecified atom stereocenters. The zero-order chi connectivity index (χ0) is 16.7. The Morgan fingerprint density at radius 2 is 2.04 bits per heavy atom. The first kappa shape index (κ1) is 15.0. The van der Waals surface area contributed by atoms with Crippen molar-refractivity contribution in [3.63, 3.8) is 0 Å². The van der Waals surface area contributed by atoms with E-state index in [1.165, 1.54) is 0 Å². The van der Waals surface area contributed by atoms with Crippen molar-refractivity contribution in [1.82, 2.24) is 9.88 Å². The van der Waals surface area contributed by atoms with Crippen LogP contribution in [0.25, 0.3) is 10.9 Å². The van der Waals surface area contributed by atoms with Crippen molar-refractivity contribution < 1.29 is 9.53 Å². The summed E-state index contributed by atoms with van der Waals surface area (Å²) in [7, 11) is 0. The maximum absolute atomic E-state index is 12.5. The van der Waals surface area contributed by atoms with E-state index < -0.39 is 0 Å². The third-order valence-corrected chi connectivity index (χ3v) is 4.93. The number of nitriles is 1. The number of amides is 1. The molecule has 6 heteroatoms. The minimum atomic E-state index is -0.0207. The topological polar surface area (TPSA) is 70.3 Å². The molecule has 2 aliphatic rings. The molecule has 2 aliphatic heterocycles. The van der Waals surface area contributed by atoms with Gasteiger partial charge < -0.3 is 19.5 Å². The van der Waals surface area contributed by atoms with Crippen LogP contribution in [-0.4, -0.2) is 43.3 Å². The van der Waals surface area contributed by atoms with Gasteiger partial charge in [-0.05, 0) is 31.0 Å². The Morgan fingerprint density at radius 1 is 1.25 bits per heavy atom. The molecule has 1 fully saturated rings. The van der Waals surface area contributed by atoms with Gasteiger partial charge in [0.2, 0.25) is 0 Å². The number of fused-ring (bicyclic) bond motifs is 3. The summed E-state index contributed by atoms with van der Waals surface area (Å²) in [5, 5.41) is 13.4. The minimum Gasteiger partial charge on any atom is -0.378 e. The SMILES string of the molecule is Cc1c2n(c3c(N4CCOCC4)cc(C#N)cc13)CCCNC2=O. The Labute approximate surface area is 140 Å². The highest BCUT2D eigenvalue weighted by Crippen LogP contribution is 2.35. The van der Waals surface area contributed by atoms with Gasteiger partial charge in [-0.1, -0.05) is 0 Å². The number of rotatable bonds is 1. The number of hydrogen-bond acceptors (Lipinski definition) is 4. The summed E-state index contributed by atoms with van der Waals surface area (Å²) >= 11 is 0. The summed E-state index contributed by atoms with van der Waals surface area (Å²) in [6.07, 6.45) is 0.907. The molecule has 0 radical (unpaired) electrons. The number of benzene rings is 1. The number of anilines is 1. The minimum absolute atomic E-state index is 0.0207. The lowest BCUT2D eigenvalue weighted by molar-refractivity contribution is 0.0951. The fourth-order valence-corrected chi connectivity index (χ4v) is 3.78. The zero-order valence-electron chi connectivity index (χ0n) is 13.8. The van der Waals surface area contributed by atoms with Crippen LogP contribution in [0, 0.1) is 18.3 Å². The molecule has 1 aromatic heterocycles. The number of hydrogen-bond donors (Lipinski definition) is 1. The zero-order valence-corrected chi connectivity index (χ0v) is 13.8. The second-order valence-electron chi connectivity index (χ2n) is 6.34. The van der Waals surface area contributed by atoms with E-state index >= 15 is 0 Å². The number of aromatic nitrogens is 1. The summed E-state index contributed by atoms with van der Waals surface area (Å²) < 4.78 is 7.60. The number of carbonyl (C=O) groups is 1. The number of nitrogens with one attached hydrogen (secondary N) is 1. The molecule has 2 aromatic rings. The molecule has 1 saturated heterocycles. The first-order valence-electron chi connectivity index (χ1n) is 8.38. The molecule has 6 nitrogen and oxygen atoms in total. The third kappa shape index (κ3) is 2.24. The van der Waals surface area contributed by atoms with Gasteiger partial charge in [-0.25, -0.2) is 0 Å². The largest absolute Gasteiger partial charge is 0.378 e. The molecular weight excluding hydrogens is 304 g/mol. The molecule has 1 N–H and O–H groups in total. The number of ether oxygens (including phenoxy) is 1. The lowest BCUT2D eigenvalue weighted by atomic mass is 10.1. The molecule has 24 heavy (non-hydrogen) atoms. The maximum Gasteiger partial charge on any atom is 0.268 e. The van der Waals surface area contributed by atoms with Crippen LogP contribution in [0.3, 0.4) is 0 Å². The lowest BCUT2D eigenvalue weighted by Gasteiger charge is -2.30. The summed E-state index contributed by atoms with van der Waals surface area (Å²) in [6.45, 7) is 6.46. The Bertz CT molecular complexity index is 856. The van der Waals surface area contributed by atoms with Gasteiger partial charge in [0.15, 0.2) is 0 Å². The van der Waals surface area contributed by atoms with E-state index in [1.807, 2.05) is 19.1 Å². The highest BCUT2D eigenvalue weighted by Gasteiger charge is 2.26. The van der Waals surface area contributed by atoms with Crippen molar-refractivity contribution >= 4 is 22.5 Å². The monoisotopic (exact) mass is 324 g/mol. The molecular formula is C18H20N4O2.